The second kappa shape index (κ2) is 8.18. The fraction of sp³-hybridized carbons (Fsp3) is 0.222. The lowest BCUT2D eigenvalue weighted by atomic mass is 10.1. The highest BCUT2D eigenvalue weighted by atomic mass is 35.5. The van der Waals surface area contributed by atoms with E-state index in [0.29, 0.717) is 39.9 Å². The Kier molecular flexibility index (Phi) is 6.23. The van der Waals surface area contributed by atoms with Gasteiger partial charge in [0.15, 0.2) is 0 Å². The molecule has 6 heteroatoms. The quantitative estimate of drug-likeness (QED) is 0.833. The van der Waals surface area contributed by atoms with Crippen LogP contribution in [-0.4, -0.2) is 29.8 Å². The molecule has 24 heavy (non-hydrogen) atoms. The first-order chi connectivity index (χ1) is 11.4. The molecule has 0 radical (unpaired) electrons. The van der Waals surface area contributed by atoms with Gasteiger partial charge in [0.1, 0.15) is 0 Å². The smallest absolute Gasteiger partial charge is 0.255 e. The fourth-order valence-corrected chi connectivity index (χ4v) is 2.84. The van der Waals surface area contributed by atoms with Gasteiger partial charge in [0.05, 0.1) is 0 Å². The molecule has 126 valence electrons. The highest BCUT2D eigenvalue weighted by Gasteiger charge is 2.15. The van der Waals surface area contributed by atoms with Gasteiger partial charge in [-0.2, -0.15) is 0 Å². The predicted octanol–water partition coefficient (Wildman–Crippen LogP) is 4.73. The van der Waals surface area contributed by atoms with Crippen LogP contribution in [0.5, 0.6) is 0 Å². The molecular formula is C18H18Cl2N2O2. The third kappa shape index (κ3) is 4.49. The predicted molar refractivity (Wildman–Crippen MR) is 98.1 cm³/mol. The van der Waals surface area contributed by atoms with Crippen molar-refractivity contribution in [2.75, 3.05) is 18.4 Å². The highest BCUT2D eigenvalue weighted by molar-refractivity contribution is 6.35. The summed E-state index contributed by atoms with van der Waals surface area (Å²) >= 11 is 11.9. The van der Waals surface area contributed by atoms with Crippen LogP contribution in [0.15, 0.2) is 42.5 Å². The Hall–Kier alpha value is -2.04. The summed E-state index contributed by atoms with van der Waals surface area (Å²) in [7, 11) is 0. The zero-order valence-electron chi connectivity index (χ0n) is 13.5. The summed E-state index contributed by atoms with van der Waals surface area (Å²) in [5.41, 5.74) is 1.37. The summed E-state index contributed by atoms with van der Waals surface area (Å²) in [6.45, 7) is 5.07. The van der Waals surface area contributed by atoms with Gasteiger partial charge in [-0.3, -0.25) is 9.59 Å². The topological polar surface area (TPSA) is 49.4 Å². The number of benzene rings is 2. The summed E-state index contributed by atoms with van der Waals surface area (Å²) in [6.07, 6.45) is 0. The number of nitrogens with zero attached hydrogens (tertiary/aromatic N) is 1. The second-order valence-corrected chi connectivity index (χ2v) is 6.04. The van der Waals surface area contributed by atoms with E-state index in [1.54, 1.807) is 47.4 Å². The Morgan fingerprint density at radius 3 is 2.12 bits per heavy atom. The van der Waals surface area contributed by atoms with E-state index >= 15 is 0 Å². The molecule has 0 saturated carbocycles. The minimum atomic E-state index is -0.331. The molecule has 0 aromatic heterocycles. The zero-order chi connectivity index (χ0) is 17.7. The zero-order valence-corrected chi connectivity index (χ0v) is 15.0. The first-order valence-corrected chi connectivity index (χ1v) is 8.37. The van der Waals surface area contributed by atoms with Crippen LogP contribution in [0.1, 0.15) is 34.6 Å². The van der Waals surface area contributed by atoms with Gasteiger partial charge in [-0.1, -0.05) is 29.3 Å². The van der Waals surface area contributed by atoms with Crippen LogP contribution in [0, 0.1) is 0 Å². The molecule has 0 spiro atoms. The van der Waals surface area contributed by atoms with Crippen molar-refractivity contribution in [2.24, 2.45) is 0 Å². The summed E-state index contributed by atoms with van der Waals surface area (Å²) in [4.78, 5) is 26.5. The lowest BCUT2D eigenvalue weighted by Crippen LogP contribution is -2.30. The molecule has 0 saturated heterocycles. The first-order valence-electron chi connectivity index (χ1n) is 7.61. The lowest BCUT2D eigenvalue weighted by molar-refractivity contribution is 0.0773. The number of carbonyl (C=O) groups excluding carboxylic acids is 2. The molecule has 0 unspecified atom stereocenters. The van der Waals surface area contributed by atoms with E-state index in [1.807, 2.05) is 13.8 Å². The number of carbonyl (C=O) groups is 2. The van der Waals surface area contributed by atoms with Crippen LogP contribution in [0.2, 0.25) is 10.0 Å². The van der Waals surface area contributed by atoms with E-state index in [-0.39, 0.29) is 11.8 Å². The van der Waals surface area contributed by atoms with Gasteiger partial charge in [0.25, 0.3) is 11.8 Å². The lowest BCUT2D eigenvalue weighted by Gasteiger charge is -2.18. The molecule has 0 aliphatic heterocycles. The highest BCUT2D eigenvalue weighted by Crippen LogP contribution is 2.23. The average Bonchev–Trinajstić information content (AvgIpc) is 2.55. The van der Waals surface area contributed by atoms with Crippen LogP contribution in [0.3, 0.4) is 0 Å². The van der Waals surface area contributed by atoms with E-state index < -0.39 is 0 Å². The minimum Gasteiger partial charge on any atom is -0.339 e. The second-order valence-electron chi connectivity index (χ2n) is 5.17. The fourth-order valence-electron chi connectivity index (χ4n) is 2.32. The Morgan fingerprint density at radius 1 is 0.958 bits per heavy atom. The van der Waals surface area contributed by atoms with Crippen LogP contribution in [-0.2, 0) is 0 Å². The third-order valence-corrected chi connectivity index (χ3v) is 3.98. The molecule has 1 N–H and O–H groups in total. The molecule has 4 nitrogen and oxygen atoms in total. The Balaban J connectivity index is 2.21. The normalized spacial score (nSPS) is 10.3. The monoisotopic (exact) mass is 364 g/mol. The number of nitrogens with one attached hydrogen (secondary N) is 1. The van der Waals surface area contributed by atoms with Crippen LogP contribution < -0.4 is 5.32 Å². The van der Waals surface area contributed by atoms with Gasteiger partial charge in [-0.25, -0.2) is 0 Å². The maximum atomic E-state index is 12.4. The minimum absolute atomic E-state index is 0.0968. The molecule has 0 fully saturated rings. The molecule has 2 rings (SSSR count). The molecule has 0 bridgehead atoms. The number of hydrogen-bond acceptors (Lipinski definition) is 2. The number of rotatable bonds is 5. The van der Waals surface area contributed by atoms with Crippen molar-refractivity contribution in [1.29, 1.82) is 0 Å². The third-order valence-electron chi connectivity index (χ3n) is 3.54. The van der Waals surface area contributed by atoms with E-state index in [2.05, 4.69) is 5.32 Å². The summed E-state index contributed by atoms with van der Waals surface area (Å²) in [5.74, 6) is -0.428. The van der Waals surface area contributed by atoms with E-state index in [9.17, 15) is 9.59 Å². The van der Waals surface area contributed by atoms with Gasteiger partial charge in [-0.15, -0.1) is 0 Å². The van der Waals surface area contributed by atoms with Crippen molar-refractivity contribution in [1.82, 2.24) is 4.90 Å². The van der Waals surface area contributed by atoms with Crippen molar-refractivity contribution >= 4 is 40.7 Å². The van der Waals surface area contributed by atoms with Crippen molar-refractivity contribution < 1.29 is 9.59 Å². The van der Waals surface area contributed by atoms with Gasteiger partial charge < -0.3 is 10.2 Å². The first kappa shape index (κ1) is 18.3. The summed E-state index contributed by atoms with van der Waals surface area (Å²) in [5, 5.41) is 3.60. The Bertz CT molecular complexity index is 738. The molecule has 2 aromatic carbocycles. The standard InChI is InChI=1S/C18H18Cl2N2O2/c1-3-22(4-2)18(24)13-7-5-6-12(8-13)17(23)21-16-10-14(19)9-15(20)11-16/h5-11H,3-4H2,1-2H3,(H,21,23). The molecule has 0 atom stereocenters. The molecule has 0 heterocycles. The Morgan fingerprint density at radius 2 is 1.54 bits per heavy atom. The van der Waals surface area contributed by atoms with Crippen LogP contribution in [0.4, 0.5) is 5.69 Å². The van der Waals surface area contributed by atoms with Crippen molar-refractivity contribution in [3.05, 3.63) is 63.6 Å². The van der Waals surface area contributed by atoms with E-state index in [0.717, 1.165) is 0 Å². The SMILES string of the molecule is CCN(CC)C(=O)c1cccc(C(=O)Nc2cc(Cl)cc(Cl)c2)c1. The largest absolute Gasteiger partial charge is 0.339 e. The van der Waals surface area contributed by atoms with Crippen LogP contribution in [0.25, 0.3) is 0 Å². The van der Waals surface area contributed by atoms with Gasteiger partial charge >= 0.3 is 0 Å². The van der Waals surface area contributed by atoms with E-state index in [1.165, 1.54) is 0 Å². The molecule has 2 amide bonds. The average molecular weight is 365 g/mol. The summed E-state index contributed by atoms with van der Waals surface area (Å²) < 4.78 is 0. The maximum absolute atomic E-state index is 12.4. The van der Waals surface area contributed by atoms with Crippen molar-refractivity contribution in [3.8, 4) is 0 Å². The van der Waals surface area contributed by atoms with Gasteiger partial charge in [0, 0.05) is 39.9 Å². The van der Waals surface area contributed by atoms with Crippen molar-refractivity contribution in [3.63, 3.8) is 0 Å². The Labute approximate surface area is 151 Å². The number of hydrogen-bond donors (Lipinski definition) is 1. The van der Waals surface area contributed by atoms with Crippen LogP contribution >= 0.6 is 23.2 Å². The van der Waals surface area contributed by atoms with Gasteiger partial charge in [0.2, 0.25) is 0 Å². The number of anilines is 1. The van der Waals surface area contributed by atoms with E-state index in [4.69, 9.17) is 23.2 Å². The molecule has 2 aromatic rings. The maximum Gasteiger partial charge on any atom is 0.255 e. The van der Waals surface area contributed by atoms with Crippen molar-refractivity contribution in [2.45, 2.75) is 13.8 Å². The molecule has 0 aliphatic carbocycles. The number of halogens is 2. The molecule has 0 aliphatic rings. The van der Waals surface area contributed by atoms with Gasteiger partial charge in [-0.05, 0) is 50.2 Å². The molecular weight excluding hydrogens is 347 g/mol. The number of amides is 2. The summed E-state index contributed by atoms with van der Waals surface area (Å²) in [6, 6.07) is 11.4.